The number of carbonyl (C=O) groups excluding carboxylic acids is 2. The smallest absolute Gasteiger partial charge is 0.237 e. The first kappa shape index (κ1) is 24.0. The zero-order chi connectivity index (χ0) is 22.5. The Bertz CT molecular complexity index is 638. The third kappa shape index (κ3) is 6.03. The third-order valence-corrected chi connectivity index (χ3v) is 8.54. The number of amides is 2. The second-order valence-corrected chi connectivity index (χ2v) is 11.0. The quantitative estimate of drug-likeness (QED) is 0.409. The van der Waals surface area contributed by atoms with Crippen molar-refractivity contribution in [3.05, 3.63) is 0 Å². The molecule has 182 valence electrons. The Labute approximate surface area is 194 Å². The van der Waals surface area contributed by atoms with Crippen molar-refractivity contribution in [2.45, 2.75) is 108 Å². The second-order valence-electron chi connectivity index (χ2n) is 11.0. The standard InChI is InChI=1S/C25H45N5O2/c1-16-6-3-8-18-14-21(29-23(16)18)25(32)30-20(24-17(2)7-4-13-27-24)10-11-22(31)28-19-9-5-12-26-15-19/h16-21,23-24,26-27,29H,3-15H2,1-2H3,(H,28,31)(H,30,32). The molecule has 8 atom stereocenters. The third-order valence-electron chi connectivity index (χ3n) is 8.54. The molecule has 32 heavy (non-hydrogen) atoms. The van der Waals surface area contributed by atoms with Gasteiger partial charge in [0.25, 0.3) is 0 Å². The Hall–Kier alpha value is -1.18. The van der Waals surface area contributed by atoms with Gasteiger partial charge in [0.1, 0.15) is 0 Å². The summed E-state index contributed by atoms with van der Waals surface area (Å²) in [5, 5.41) is 17.2. The SMILES string of the molecule is CC1CCCC2CC(C(=O)NC(CCC(=O)NC3CCCNC3)C3NCCCC3C)NC12. The number of carbonyl (C=O) groups is 2. The van der Waals surface area contributed by atoms with Crippen LogP contribution in [0.3, 0.4) is 0 Å². The van der Waals surface area contributed by atoms with Gasteiger partial charge in [0.2, 0.25) is 11.8 Å². The van der Waals surface area contributed by atoms with Crippen LogP contribution in [0.4, 0.5) is 0 Å². The lowest BCUT2D eigenvalue weighted by Crippen LogP contribution is -2.58. The van der Waals surface area contributed by atoms with E-state index in [0.29, 0.717) is 36.6 Å². The number of hydrogen-bond acceptors (Lipinski definition) is 5. The van der Waals surface area contributed by atoms with Crippen LogP contribution in [0.2, 0.25) is 0 Å². The number of hydrogen-bond donors (Lipinski definition) is 5. The largest absolute Gasteiger partial charge is 0.352 e. The maximum atomic E-state index is 13.3. The highest BCUT2D eigenvalue weighted by Crippen LogP contribution is 2.36. The lowest BCUT2D eigenvalue weighted by molar-refractivity contribution is -0.125. The van der Waals surface area contributed by atoms with Gasteiger partial charge in [-0.3, -0.25) is 9.59 Å². The minimum atomic E-state index is -0.0888. The fourth-order valence-electron chi connectivity index (χ4n) is 6.67. The van der Waals surface area contributed by atoms with E-state index < -0.39 is 0 Å². The highest BCUT2D eigenvalue weighted by Gasteiger charge is 2.42. The predicted molar refractivity (Wildman–Crippen MR) is 127 cm³/mol. The van der Waals surface area contributed by atoms with Crippen molar-refractivity contribution in [1.29, 1.82) is 0 Å². The normalized spacial score (nSPS) is 38.5. The Morgan fingerprint density at radius 2 is 1.81 bits per heavy atom. The summed E-state index contributed by atoms with van der Waals surface area (Å²) in [4.78, 5) is 26.0. The summed E-state index contributed by atoms with van der Waals surface area (Å²) < 4.78 is 0. The summed E-state index contributed by atoms with van der Waals surface area (Å²) in [6, 6.07) is 0.868. The van der Waals surface area contributed by atoms with Crippen molar-refractivity contribution < 1.29 is 9.59 Å². The zero-order valence-corrected chi connectivity index (χ0v) is 20.1. The maximum Gasteiger partial charge on any atom is 0.237 e. The molecule has 0 aromatic carbocycles. The molecule has 3 saturated heterocycles. The molecule has 0 radical (unpaired) electrons. The fraction of sp³-hybridized carbons (Fsp3) is 0.920. The second kappa shape index (κ2) is 11.3. The lowest BCUT2D eigenvalue weighted by Gasteiger charge is -2.37. The first-order valence-corrected chi connectivity index (χ1v) is 13.3. The van der Waals surface area contributed by atoms with Crippen molar-refractivity contribution in [2.75, 3.05) is 19.6 Å². The van der Waals surface area contributed by atoms with Crippen LogP contribution in [0.15, 0.2) is 0 Å². The summed E-state index contributed by atoms with van der Waals surface area (Å²) in [6.07, 6.45) is 10.4. The minimum Gasteiger partial charge on any atom is -0.352 e. The molecule has 0 aromatic rings. The lowest BCUT2D eigenvalue weighted by atomic mass is 9.78. The molecular formula is C25H45N5O2. The van der Waals surface area contributed by atoms with Crippen molar-refractivity contribution in [1.82, 2.24) is 26.6 Å². The van der Waals surface area contributed by atoms with E-state index in [1.807, 2.05) is 0 Å². The molecule has 3 aliphatic heterocycles. The van der Waals surface area contributed by atoms with Gasteiger partial charge in [-0.05, 0) is 82.2 Å². The molecule has 5 N–H and O–H groups in total. The van der Waals surface area contributed by atoms with Crippen LogP contribution in [0.5, 0.6) is 0 Å². The number of piperidine rings is 2. The fourth-order valence-corrected chi connectivity index (χ4v) is 6.67. The van der Waals surface area contributed by atoms with E-state index in [0.717, 1.165) is 38.9 Å². The van der Waals surface area contributed by atoms with Crippen LogP contribution < -0.4 is 26.6 Å². The first-order valence-electron chi connectivity index (χ1n) is 13.3. The van der Waals surface area contributed by atoms with Gasteiger partial charge in [0.15, 0.2) is 0 Å². The van der Waals surface area contributed by atoms with Crippen LogP contribution in [-0.2, 0) is 9.59 Å². The molecule has 4 aliphatic rings. The molecule has 1 saturated carbocycles. The summed E-state index contributed by atoms with van der Waals surface area (Å²) in [5.41, 5.74) is 0. The average molecular weight is 448 g/mol. The highest BCUT2D eigenvalue weighted by atomic mass is 16.2. The van der Waals surface area contributed by atoms with Gasteiger partial charge in [-0.25, -0.2) is 0 Å². The Morgan fingerprint density at radius 3 is 2.56 bits per heavy atom. The van der Waals surface area contributed by atoms with Crippen LogP contribution in [0, 0.1) is 17.8 Å². The summed E-state index contributed by atoms with van der Waals surface area (Å²) in [6.45, 7) is 7.49. The maximum absolute atomic E-state index is 13.3. The first-order chi connectivity index (χ1) is 15.5. The number of nitrogens with one attached hydrogen (secondary N) is 5. The van der Waals surface area contributed by atoms with Crippen molar-refractivity contribution in [2.24, 2.45) is 17.8 Å². The molecule has 7 nitrogen and oxygen atoms in total. The highest BCUT2D eigenvalue weighted by molar-refractivity contribution is 5.82. The van der Waals surface area contributed by atoms with Gasteiger partial charge < -0.3 is 26.6 Å². The van der Waals surface area contributed by atoms with Gasteiger partial charge in [0, 0.05) is 37.1 Å². The Morgan fingerprint density at radius 1 is 1.00 bits per heavy atom. The molecule has 0 aromatic heterocycles. The molecule has 2 amide bonds. The molecule has 8 unspecified atom stereocenters. The number of fused-ring (bicyclic) bond motifs is 1. The van der Waals surface area contributed by atoms with Crippen molar-refractivity contribution in [3.63, 3.8) is 0 Å². The van der Waals surface area contributed by atoms with E-state index in [4.69, 9.17) is 0 Å². The summed E-state index contributed by atoms with van der Waals surface area (Å²) in [5.74, 6) is 2.03. The minimum absolute atomic E-state index is 0.00474. The van der Waals surface area contributed by atoms with Gasteiger partial charge in [-0.1, -0.05) is 20.3 Å². The van der Waals surface area contributed by atoms with E-state index in [9.17, 15) is 9.59 Å². The van der Waals surface area contributed by atoms with Gasteiger partial charge in [-0.2, -0.15) is 0 Å². The monoisotopic (exact) mass is 447 g/mol. The summed E-state index contributed by atoms with van der Waals surface area (Å²) in [7, 11) is 0. The van der Waals surface area contributed by atoms with E-state index >= 15 is 0 Å². The van der Waals surface area contributed by atoms with E-state index in [1.54, 1.807) is 0 Å². The molecule has 0 bridgehead atoms. The van der Waals surface area contributed by atoms with Crippen LogP contribution in [-0.4, -0.2) is 61.7 Å². The summed E-state index contributed by atoms with van der Waals surface area (Å²) >= 11 is 0. The van der Waals surface area contributed by atoms with Crippen LogP contribution in [0.25, 0.3) is 0 Å². The van der Waals surface area contributed by atoms with Crippen molar-refractivity contribution in [3.8, 4) is 0 Å². The number of rotatable bonds is 7. The van der Waals surface area contributed by atoms with E-state index in [-0.39, 0.29) is 36.0 Å². The molecular weight excluding hydrogens is 402 g/mol. The molecule has 4 rings (SSSR count). The average Bonchev–Trinajstić information content (AvgIpc) is 3.24. The van der Waals surface area contributed by atoms with Gasteiger partial charge in [-0.15, -0.1) is 0 Å². The van der Waals surface area contributed by atoms with Crippen molar-refractivity contribution >= 4 is 11.8 Å². The molecule has 4 fully saturated rings. The van der Waals surface area contributed by atoms with Gasteiger partial charge >= 0.3 is 0 Å². The zero-order valence-electron chi connectivity index (χ0n) is 20.1. The van der Waals surface area contributed by atoms with E-state index in [1.165, 1.54) is 32.1 Å². The van der Waals surface area contributed by atoms with E-state index in [2.05, 4.69) is 40.4 Å². The Balaban J connectivity index is 1.33. The van der Waals surface area contributed by atoms with Crippen LogP contribution >= 0.6 is 0 Å². The molecule has 0 spiro atoms. The molecule has 1 aliphatic carbocycles. The molecule has 3 heterocycles. The molecule has 7 heteroatoms. The predicted octanol–water partition coefficient (Wildman–Crippen LogP) is 1.67. The topological polar surface area (TPSA) is 94.3 Å². The van der Waals surface area contributed by atoms with Gasteiger partial charge in [0.05, 0.1) is 6.04 Å². The van der Waals surface area contributed by atoms with Crippen LogP contribution in [0.1, 0.15) is 78.1 Å². The Kier molecular flexibility index (Phi) is 8.46.